The molecule has 2 saturated heterocycles. The summed E-state index contributed by atoms with van der Waals surface area (Å²) in [5.41, 5.74) is 1.53. The van der Waals surface area contributed by atoms with Crippen LogP contribution in [0.2, 0.25) is 10.0 Å². The van der Waals surface area contributed by atoms with Crippen LogP contribution in [-0.4, -0.2) is 36.6 Å². The lowest BCUT2D eigenvalue weighted by Crippen LogP contribution is -2.41. The maximum absolute atomic E-state index is 6.78. The number of halogens is 2. The normalized spacial score (nSPS) is 24.1. The monoisotopic (exact) mass is 448 g/mol. The highest BCUT2D eigenvalue weighted by Gasteiger charge is 2.54. The van der Waals surface area contributed by atoms with Crippen molar-refractivity contribution in [1.82, 2.24) is 0 Å². The van der Waals surface area contributed by atoms with E-state index in [4.69, 9.17) is 41.8 Å². The van der Waals surface area contributed by atoms with Gasteiger partial charge in [0.05, 0.1) is 22.4 Å². The van der Waals surface area contributed by atoms with Crippen molar-refractivity contribution < 1.29 is 18.6 Å². The molecule has 0 aromatic rings. The minimum atomic E-state index is -0.615. The third-order valence-corrected chi connectivity index (χ3v) is 7.95. The van der Waals surface area contributed by atoms with Gasteiger partial charge in [0, 0.05) is 26.6 Å². The average Bonchev–Trinajstić information content (AvgIpc) is 2.96. The van der Waals surface area contributed by atoms with Gasteiger partial charge in [0.2, 0.25) is 0 Å². The summed E-state index contributed by atoms with van der Waals surface area (Å²) in [7, 11) is -1.07. The molecule has 0 amide bonds. The van der Waals surface area contributed by atoms with Crippen LogP contribution in [0.25, 0.3) is 11.1 Å². The van der Waals surface area contributed by atoms with Crippen LogP contribution in [0.4, 0.5) is 0 Å². The Kier molecular flexibility index (Phi) is 5.14. The van der Waals surface area contributed by atoms with E-state index in [1.807, 2.05) is 79.7 Å². The van der Waals surface area contributed by atoms with Crippen molar-refractivity contribution in [3.63, 3.8) is 0 Å². The summed E-state index contributed by atoms with van der Waals surface area (Å²) < 4.78 is 24.7. The van der Waals surface area contributed by atoms with Gasteiger partial charge in [-0.15, -0.1) is 0 Å². The van der Waals surface area contributed by atoms with Gasteiger partial charge in [0.25, 0.3) is 0 Å². The van der Waals surface area contributed by atoms with Gasteiger partial charge in [-0.1, -0.05) is 47.5 Å². The molecule has 0 atom stereocenters. The molecule has 2 fully saturated rings. The molecule has 160 valence electrons. The van der Waals surface area contributed by atoms with Crippen LogP contribution < -0.4 is 10.9 Å². The second-order valence-electron chi connectivity index (χ2n) is 10.2. The second kappa shape index (κ2) is 6.87. The van der Waals surface area contributed by atoms with Gasteiger partial charge < -0.3 is 18.6 Å². The van der Waals surface area contributed by atoms with Gasteiger partial charge in [-0.05, 0) is 60.9 Å². The lowest BCUT2D eigenvalue weighted by molar-refractivity contribution is 0.00578. The van der Waals surface area contributed by atoms with E-state index >= 15 is 0 Å². The third kappa shape index (κ3) is 3.32. The van der Waals surface area contributed by atoms with E-state index in [0.29, 0.717) is 15.5 Å². The topological polar surface area (TPSA) is 36.9 Å². The van der Waals surface area contributed by atoms with E-state index in [0.717, 1.165) is 16.6 Å². The zero-order valence-electron chi connectivity index (χ0n) is 18.9. The fourth-order valence-corrected chi connectivity index (χ4v) is 4.41. The second-order valence-corrected chi connectivity index (χ2v) is 11.0. The molecule has 0 saturated carbocycles. The molecule has 2 aliphatic heterocycles. The minimum Gasteiger partial charge on any atom is -0.399 e. The molecule has 2 aliphatic carbocycles. The first-order chi connectivity index (χ1) is 13.7. The van der Waals surface area contributed by atoms with E-state index in [9.17, 15) is 0 Å². The van der Waals surface area contributed by atoms with Crippen molar-refractivity contribution in [2.75, 3.05) is 0 Å². The lowest BCUT2D eigenvalue weighted by Gasteiger charge is -2.32. The van der Waals surface area contributed by atoms with Crippen LogP contribution in [0, 0.1) is 0 Å². The van der Waals surface area contributed by atoms with Crippen molar-refractivity contribution in [2.24, 2.45) is 0 Å². The van der Waals surface area contributed by atoms with Gasteiger partial charge in [-0.2, -0.15) is 0 Å². The van der Waals surface area contributed by atoms with Crippen molar-refractivity contribution in [3.8, 4) is 11.1 Å². The summed E-state index contributed by atoms with van der Waals surface area (Å²) in [6.45, 7) is 16.2. The Morgan fingerprint density at radius 3 is 1.27 bits per heavy atom. The molecular weight excluding hydrogens is 421 g/mol. The van der Waals surface area contributed by atoms with Crippen LogP contribution in [0.3, 0.4) is 0 Å². The summed E-state index contributed by atoms with van der Waals surface area (Å²) >= 11 is 13.6. The number of hydrogen-bond acceptors (Lipinski definition) is 4. The third-order valence-electron chi connectivity index (χ3n) is 7.14. The van der Waals surface area contributed by atoms with Crippen LogP contribution in [-0.2, 0) is 18.6 Å². The van der Waals surface area contributed by atoms with Crippen molar-refractivity contribution in [3.05, 3.63) is 34.3 Å². The predicted molar refractivity (Wildman–Crippen MR) is 125 cm³/mol. The molecule has 0 unspecified atom stereocenters. The first-order valence-electron chi connectivity index (χ1n) is 10.3. The molecule has 0 radical (unpaired) electrons. The highest BCUT2D eigenvalue weighted by molar-refractivity contribution is 6.70. The average molecular weight is 449 g/mol. The number of hydrogen-bond donors (Lipinski definition) is 0. The first-order valence-corrected chi connectivity index (χ1v) is 11.0. The molecule has 4 nitrogen and oxygen atoms in total. The zero-order valence-corrected chi connectivity index (χ0v) is 20.4. The Morgan fingerprint density at radius 1 is 0.567 bits per heavy atom. The molecule has 8 heteroatoms. The molecule has 0 bridgehead atoms. The highest BCUT2D eigenvalue weighted by Crippen LogP contribution is 2.42. The fourth-order valence-electron chi connectivity index (χ4n) is 3.67. The minimum absolute atomic E-state index is 0.403. The van der Waals surface area contributed by atoms with Crippen molar-refractivity contribution >= 4 is 48.4 Å². The molecule has 0 spiro atoms. The molecule has 0 N–H and O–H groups in total. The maximum atomic E-state index is 6.78. The lowest BCUT2D eigenvalue weighted by atomic mass is 9.79. The van der Waals surface area contributed by atoms with E-state index in [-0.39, 0.29) is 0 Å². The van der Waals surface area contributed by atoms with E-state index < -0.39 is 36.6 Å². The Hall–Kier alpha value is -0.750. The fraction of sp³-hybridized carbons (Fsp3) is 0.545. The van der Waals surface area contributed by atoms with E-state index in [2.05, 4.69) is 0 Å². The summed E-state index contributed by atoms with van der Waals surface area (Å²) in [4.78, 5) is 0. The number of rotatable bonds is 2. The van der Waals surface area contributed by atoms with E-state index in [1.165, 1.54) is 0 Å². The van der Waals surface area contributed by atoms with Crippen LogP contribution in [0.15, 0.2) is 24.3 Å². The quantitative estimate of drug-likeness (QED) is 0.624. The van der Waals surface area contributed by atoms with Gasteiger partial charge in [0.1, 0.15) is 0 Å². The Balaban J connectivity index is 1.72. The van der Waals surface area contributed by atoms with Crippen LogP contribution in [0.5, 0.6) is 0 Å². The summed E-state index contributed by atoms with van der Waals surface area (Å²) in [5, 5.41) is 1.09. The molecular formula is C22H28B2Cl2O4. The summed E-state index contributed by atoms with van der Waals surface area (Å²) in [6, 6.07) is 7.86. The Morgan fingerprint density at radius 2 is 0.900 bits per heavy atom. The first kappa shape index (κ1) is 22.4. The van der Waals surface area contributed by atoms with Crippen LogP contribution >= 0.6 is 23.2 Å². The highest BCUT2D eigenvalue weighted by atomic mass is 35.5. The Bertz CT molecular complexity index is 902. The van der Waals surface area contributed by atoms with Gasteiger partial charge in [-0.25, -0.2) is 0 Å². The van der Waals surface area contributed by atoms with Gasteiger partial charge in [0.15, 0.2) is 0 Å². The van der Waals surface area contributed by atoms with Crippen molar-refractivity contribution in [2.45, 2.75) is 77.8 Å². The molecule has 30 heavy (non-hydrogen) atoms. The summed E-state index contributed by atoms with van der Waals surface area (Å²) in [5.74, 6) is 0. The maximum Gasteiger partial charge on any atom is 0.497 e. The molecule has 4 rings (SSSR count). The smallest absolute Gasteiger partial charge is 0.399 e. The molecule has 0 aromatic heterocycles. The van der Waals surface area contributed by atoms with Gasteiger partial charge in [-0.3, -0.25) is 0 Å². The largest absolute Gasteiger partial charge is 0.497 e. The number of fused-ring (bicyclic) bond motifs is 1. The van der Waals surface area contributed by atoms with Crippen LogP contribution in [0.1, 0.15) is 55.4 Å². The zero-order chi connectivity index (χ0) is 22.3. The molecule has 0 aromatic carbocycles. The standard InChI is InChI=1S/C22H28B2Cl2O4/c1-19(2)20(3,4)28-23(27-19)13-9-11-14-15(12-10-13)18(26)16(17(14)25)24-29-21(5,6)22(7,8)30-24/h9-12H,1-8H3. The van der Waals surface area contributed by atoms with Crippen molar-refractivity contribution in [1.29, 1.82) is 0 Å². The van der Waals surface area contributed by atoms with E-state index in [1.54, 1.807) is 0 Å². The summed E-state index contributed by atoms with van der Waals surface area (Å²) in [6.07, 6.45) is 0. The van der Waals surface area contributed by atoms with Gasteiger partial charge >= 0.3 is 14.2 Å². The Labute approximate surface area is 190 Å². The predicted octanol–water partition coefficient (Wildman–Crippen LogP) is 4.70. The SMILES string of the molecule is CC1(C)OB(c2ccc3c(Cl)c(B4OC(C)(C)C(C)(C)O4)c(Cl)c-3cc2)OC1(C)C. The molecule has 4 aliphatic rings. The molecule has 2 heterocycles.